The Balaban J connectivity index is 2.25. The number of hydrogen-bond acceptors (Lipinski definition) is 3. The quantitative estimate of drug-likeness (QED) is 0.837. The lowest BCUT2D eigenvalue weighted by atomic mass is 9.82. The topological polar surface area (TPSA) is 37.9 Å². The Morgan fingerprint density at radius 1 is 1.39 bits per heavy atom. The lowest BCUT2D eigenvalue weighted by molar-refractivity contribution is 0.180. The van der Waals surface area contributed by atoms with E-state index >= 15 is 0 Å². The molecule has 0 radical (unpaired) electrons. The van der Waals surface area contributed by atoms with E-state index in [9.17, 15) is 0 Å². The van der Waals surface area contributed by atoms with Gasteiger partial charge in [0.25, 0.3) is 0 Å². The van der Waals surface area contributed by atoms with Crippen LogP contribution in [0.25, 0.3) is 0 Å². The largest absolute Gasteiger partial charge is 0.378 e. The maximum absolute atomic E-state index is 5.30. The third kappa shape index (κ3) is 3.19. The lowest BCUT2D eigenvalue weighted by Gasteiger charge is -2.25. The first-order chi connectivity index (χ1) is 8.61. The summed E-state index contributed by atoms with van der Waals surface area (Å²) in [6.45, 7) is 2.85. The van der Waals surface area contributed by atoms with Crippen LogP contribution in [0.4, 0.5) is 0 Å². The molecule has 0 unspecified atom stereocenters. The van der Waals surface area contributed by atoms with Crippen molar-refractivity contribution in [2.75, 3.05) is 7.11 Å². The Morgan fingerprint density at radius 2 is 2.06 bits per heavy atom. The number of aromatic amines is 1. The summed E-state index contributed by atoms with van der Waals surface area (Å²) in [5, 5.41) is 0. The molecule has 1 heterocycles. The number of rotatable bonds is 3. The summed E-state index contributed by atoms with van der Waals surface area (Å²) in [5.41, 5.74) is 0.992. The Bertz CT molecular complexity index is 467. The molecule has 0 aliphatic heterocycles. The molecule has 2 rings (SSSR count). The van der Waals surface area contributed by atoms with Crippen LogP contribution in [0, 0.1) is 10.6 Å². The van der Waals surface area contributed by atoms with E-state index in [1.165, 1.54) is 25.7 Å². The van der Waals surface area contributed by atoms with Gasteiger partial charge in [-0.3, -0.25) is 0 Å². The van der Waals surface area contributed by atoms with E-state index in [1.54, 1.807) is 7.11 Å². The zero-order valence-electron chi connectivity index (χ0n) is 10.8. The van der Waals surface area contributed by atoms with Crippen molar-refractivity contribution in [2.45, 2.75) is 45.1 Å². The number of ether oxygens (including phenoxy) is 1. The normalized spacial score (nSPS) is 24.2. The summed E-state index contributed by atoms with van der Waals surface area (Å²) in [7, 11) is 1.69. The minimum atomic E-state index is 0.520. The number of halogens is 1. The van der Waals surface area contributed by atoms with Crippen molar-refractivity contribution in [3.05, 3.63) is 20.6 Å². The summed E-state index contributed by atoms with van der Waals surface area (Å²) >= 11 is 8.77. The van der Waals surface area contributed by atoms with Gasteiger partial charge in [-0.1, -0.05) is 32.0 Å². The van der Waals surface area contributed by atoms with Gasteiger partial charge in [0.05, 0.1) is 16.8 Å². The van der Waals surface area contributed by atoms with Gasteiger partial charge in [-0.25, -0.2) is 4.98 Å². The van der Waals surface area contributed by atoms with Crippen LogP contribution < -0.4 is 0 Å². The molecular formula is C13H19BrN2OS. The van der Waals surface area contributed by atoms with Gasteiger partial charge in [0.1, 0.15) is 10.5 Å². The molecule has 100 valence electrons. The van der Waals surface area contributed by atoms with Crippen LogP contribution in [-0.4, -0.2) is 17.1 Å². The fraction of sp³-hybridized carbons (Fsp3) is 0.692. The van der Waals surface area contributed by atoms with Crippen molar-refractivity contribution in [2.24, 2.45) is 5.92 Å². The van der Waals surface area contributed by atoms with Gasteiger partial charge in [0.2, 0.25) is 0 Å². The summed E-state index contributed by atoms with van der Waals surface area (Å²) in [4.78, 5) is 7.91. The molecule has 3 nitrogen and oxygen atoms in total. The second-order valence-corrected chi connectivity index (χ2v) is 6.29. The smallest absolute Gasteiger partial charge is 0.144 e. The summed E-state index contributed by atoms with van der Waals surface area (Å²) < 4.78 is 6.68. The highest BCUT2D eigenvalue weighted by molar-refractivity contribution is 9.10. The predicted molar refractivity (Wildman–Crippen MR) is 78.2 cm³/mol. The van der Waals surface area contributed by atoms with Gasteiger partial charge in [-0.2, -0.15) is 0 Å². The number of H-pyrrole nitrogens is 1. The fourth-order valence-electron chi connectivity index (χ4n) is 2.50. The SMILES string of the molecule is COCc1[nH]c(C2CCC(C)CC2)nc(=S)c1Br. The van der Waals surface area contributed by atoms with Crippen LogP contribution in [0.5, 0.6) is 0 Å². The summed E-state index contributed by atoms with van der Waals surface area (Å²) in [5.74, 6) is 2.40. The number of nitrogens with one attached hydrogen (secondary N) is 1. The number of methoxy groups -OCH3 is 1. The summed E-state index contributed by atoms with van der Waals surface area (Å²) in [6, 6.07) is 0. The molecular weight excluding hydrogens is 312 g/mol. The van der Waals surface area contributed by atoms with Crippen molar-refractivity contribution >= 4 is 28.1 Å². The highest BCUT2D eigenvalue weighted by Gasteiger charge is 2.22. The standard InChI is InChI=1S/C13H19BrN2OS/c1-8-3-5-9(6-4-8)12-15-10(7-17-2)11(14)13(18)16-12/h8-9H,3-7H2,1-2H3,(H,15,16,18). The van der Waals surface area contributed by atoms with E-state index in [0.29, 0.717) is 17.2 Å². The first-order valence-electron chi connectivity index (χ1n) is 6.39. The van der Waals surface area contributed by atoms with E-state index in [2.05, 4.69) is 32.8 Å². The Hall–Kier alpha value is -0.260. The molecule has 0 aromatic carbocycles. The average Bonchev–Trinajstić information content (AvgIpc) is 2.36. The van der Waals surface area contributed by atoms with Crippen LogP contribution in [-0.2, 0) is 11.3 Å². The van der Waals surface area contributed by atoms with Crippen LogP contribution in [0.2, 0.25) is 0 Å². The Morgan fingerprint density at radius 3 is 2.67 bits per heavy atom. The molecule has 0 amide bonds. The zero-order valence-corrected chi connectivity index (χ0v) is 13.2. The van der Waals surface area contributed by atoms with Crippen molar-refractivity contribution in [3.8, 4) is 0 Å². The highest BCUT2D eigenvalue weighted by atomic mass is 79.9. The highest BCUT2D eigenvalue weighted by Crippen LogP contribution is 2.34. The molecule has 1 aromatic heterocycles. The predicted octanol–water partition coefficient (Wildman–Crippen LogP) is 4.34. The first-order valence-corrected chi connectivity index (χ1v) is 7.59. The van der Waals surface area contributed by atoms with Gasteiger partial charge < -0.3 is 9.72 Å². The minimum Gasteiger partial charge on any atom is -0.378 e. The van der Waals surface area contributed by atoms with Crippen LogP contribution in [0.15, 0.2) is 4.47 Å². The van der Waals surface area contributed by atoms with Crippen molar-refractivity contribution in [1.29, 1.82) is 0 Å². The zero-order chi connectivity index (χ0) is 13.1. The van der Waals surface area contributed by atoms with Crippen LogP contribution in [0.3, 0.4) is 0 Å². The molecule has 18 heavy (non-hydrogen) atoms. The van der Waals surface area contributed by atoms with Gasteiger partial charge in [0, 0.05) is 13.0 Å². The van der Waals surface area contributed by atoms with E-state index in [-0.39, 0.29) is 0 Å². The molecule has 1 saturated carbocycles. The van der Waals surface area contributed by atoms with Crippen LogP contribution in [0.1, 0.15) is 50.0 Å². The minimum absolute atomic E-state index is 0.520. The van der Waals surface area contributed by atoms with Crippen molar-refractivity contribution < 1.29 is 4.74 Å². The van der Waals surface area contributed by atoms with Gasteiger partial charge in [-0.15, -0.1) is 0 Å². The van der Waals surface area contributed by atoms with E-state index in [0.717, 1.165) is 21.9 Å². The summed E-state index contributed by atoms with van der Waals surface area (Å²) in [6.07, 6.45) is 4.96. The average molecular weight is 331 g/mol. The third-order valence-electron chi connectivity index (χ3n) is 3.64. The molecule has 1 fully saturated rings. The molecule has 5 heteroatoms. The van der Waals surface area contributed by atoms with E-state index in [4.69, 9.17) is 17.0 Å². The van der Waals surface area contributed by atoms with Crippen LogP contribution >= 0.6 is 28.1 Å². The van der Waals surface area contributed by atoms with Gasteiger partial charge in [0.15, 0.2) is 0 Å². The first kappa shape index (κ1) is 14.2. The molecule has 0 spiro atoms. The molecule has 1 aliphatic rings. The number of nitrogens with zero attached hydrogens (tertiary/aromatic N) is 1. The molecule has 0 bridgehead atoms. The molecule has 1 aliphatic carbocycles. The molecule has 0 saturated heterocycles. The monoisotopic (exact) mass is 330 g/mol. The lowest BCUT2D eigenvalue weighted by Crippen LogP contribution is -2.14. The van der Waals surface area contributed by atoms with Crippen molar-refractivity contribution in [1.82, 2.24) is 9.97 Å². The number of aromatic nitrogens is 2. The molecule has 1 N–H and O–H groups in total. The Labute approximate surface area is 121 Å². The van der Waals surface area contributed by atoms with E-state index in [1.807, 2.05) is 0 Å². The second-order valence-electron chi connectivity index (χ2n) is 5.11. The third-order valence-corrected chi connectivity index (χ3v) is 5.06. The van der Waals surface area contributed by atoms with Crippen molar-refractivity contribution in [3.63, 3.8) is 0 Å². The van der Waals surface area contributed by atoms with E-state index < -0.39 is 0 Å². The van der Waals surface area contributed by atoms with Gasteiger partial charge in [-0.05, 0) is 34.7 Å². The van der Waals surface area contributed by atoms with Gasteiger partial charge >= 0.3 is 0 Å². The molecule has 0 atom stereocenters. The number of hydrogen-bond donors (Lipinski definition) is 1. The molecule has 1 aromatic rings. The maximum atomic E-state index is 5.30. The second kappa shape index (κ2) is 6.26. The Kier molecular flexibility index (Phi) is 4.92. The maximum Gasteiger partial charge on any atom is 0.144 e. The fourth-order valence-corrected chi connectivity index (χ4v) is 3.02.